The van der Waals surface area contributed by atoms with Gasteiger partial charge in [0.1, 0.15) is 0 Å². The largest absolute Gasteiger partial charge is 0.378 e. The summed E-state index contributed by atoms with van der Waals surface area (Å²) in [5, 5.41) is 3.57. The molecule has 2 heteroatoms. The highest BCUT2D eigenvalue weighted by Crippen LogP contribution is 2.34. The minimum absolute atomic E-state index is 0.528. The quantitative estimate of drug-likeness (QED) is 0.805. The van der Waals surface area contributed by atoms with Gasteiger partial charge in [0.25, 0.3) is 0 Å². The maximum absolute atomic E-state index is 5.90. The van der Waals surface area contributed by atoms with Crippen molar-refractivity contribution in [1.29, 1.82) is 0 Å². The van der Waals surface area contributed by atoms with Gasteiger partial charge in [0, 0.05) is 12.6 Å². The molecule has 1 saturated carbocycles. The molecule has 0 spiro atoms. The molecule has 1 saturated heterocycles. The van der Waals surface area contributed by atoms with Gasteiger partial charge in [-0.15, -0.1) is 0 Å². The molecule has 1 heterocycles. The Kier molecular flexibility index (Phi) is 5.97. The van der Waals surface area contributed by atoms with Gasteiger partial charge in [0.2, 0.25) is 0 Å². The molecule has 1 N–H and O–H groups in total. The molecule has 0 aromatic heterocycles. The first kappa shape index (κ1) is 14.3. The van der Waals surface area contributed by atoms with Gasteiger partial charge < -0.3 is 10.1 Å². The molecule has 0 aromatic carbocycles. The molecule has 1 aliphatic carbocycles. The fourth-order valence-corrected chi connectivity index (χ4v) is 3.82. The summed E-state index contributed by atoms with van der Waals surface area (Å²) in [6.07, 6.45) is 12.8. The van der Waals surface area contributed by atoms with Crippen molar-refractivity contribution in [2.75, 3.05) is 13.7 Å². The molecule has 2 nitrogen and oxygen atoms in total. The van der Waals surface area contributed by atoms with E-state index in [0.717, 1.165) is 18.4 Å². The molecule has 1 aliphatic heterocycles. The monoisotopic (exact) mass is 253 g/mol. The van der Waals surface area contributed by atoms with E-state index in [1.807, 2.05) is 0 Å². The SMILES string of the molecule is CCC1CCC(C(CC2CCCCO2)NC)CC1. The molecule has 0 aromatic rings. The van der Waals surface area contributed by atoms with Crippen LogP contribution in [0.2, 0.25) is 0 Å². The van der Waals surface area contributed by atoms with Crippen molar-refractivity contribution in [1.82, 2.24) is 5.32 Å². The first-order valence-electron chi connectivity index (χ1n) is 8.12. The average Bonchev–Trinajstić information content (AvgIpc) is 2.46. The highest BCUT2D eigenvalue weighted by atomic mass is 16.5. The molecule has 2 aliphatic rings. The van der Waals surface area contributed by atoms with Crippen molar-refractivity contribution in [3.8, 4) is 0 Å². The molecular weight excluding hydrogens is 222 g/mol. The highest BCUT2D eigenvalue weighted by molar-refractivity contribution is 4.83. The van der Waals surface area contributed by atoms with Crippen LogP contribution in [0.4, 0.5) is 0 Å². The Balaban J connectivity index is 1.77. The molecule has 2 unspecified atom stereocenters. The second-order valence-electron chi connectivity index (χ2n) is 6.31. The van der Waals surface area contributed by atoms with Crippen LogP contribution in [0.15, 0.2) is 0 Å². The third-order valence-electron chi connectivity index (χ3n) is 5.20. The van der Waals surface area contributed by atoms with Gasteiger partial charge in [0.15, 0.2) is 0 Å². The van der Waals surface area contributed by atoms with Crippen LogP contribution < -0.4 is 5.32 Å². The van der Waals surface area contributed by atoms with E-state index in [-0.39, 0.29) is 0 Å². The van der Waals surface area contributed by atoms with Gasteiger partial charge in [-0.2, -0.15) is 0 Å². The van der Waals surface area contributed by atoms with E-state index in [1.165, 1.54) is 57.8 Å². The Morgan fingerprint density at radius 3 is 2.44 bits per heavy atom. The smallest absolute Gasteiger partial charge is 0.0590 e. The number of nitrogens with one attached hydrogen (secondary N) is 1. The van der Waals surface area contributed by atoms with Gasteiger partial charge >= 0.3 is 0 Å². The van der Waals surface area contributed by atoms with E-state index in [2.05, 4.69) is 19.3 Å². The normalized spacial score (nSPS) is 35.3. The van der Waals surface area contributed by atoms with Gasteiger partial charge in [-0.25, -0.2) is 0 Å². The minimum Gasteiger partial charge on any atom is -0.378 e. The van der Waals surface area contributed by atoms with E-state index < -0.39 is 0 Å². The lowest BCUT2D eigenvalue weighted by atomic mass is 9.76. The predicted octanol–water partition coefficient (Wildman–Crippen LogP) is 3.75. The summed E-state index contributed by atoms with van der Waals surface area (Å²) in [6, 6.07) is 0.686. The second-order valence-corrected chi connectivity index (χ2v) is 6.31. The van der Waals surface area contributed by atoms with E-state index in [1.54, 1.807) is 0 Å². The summed E-state index contributed by atoms with van der Waals surface area (Å²) >= 11 is 0. The Bertz CT molecular complexity index is 217. The molecule has 2 rings (SSSR count). The van der Waals surface area contributed by atoms with Crippen LogP contribution in [-0.4, -0.2) is 25.8 Å². The standard InChI is InChI=1S/C16H31NO/c1-3-13-7-9-14(10-8-13)16(17-2)12-15-6-4-5-11-18-15/h13-17H,3-12H2,1-2H3. The molecule has 0 amide bonds. The Labute approximate surface area is 113 Å². The first-order chi connectivity index (χ1) is 8.83. The Morgan fingerprint density at radius 2 is 1.89 bits per heavy atom. The zero-order chi connectivity index (χ0) is 12.8. The van der Waals surface area contributed by atoms with Crippen LogP contribution in [0.25, 0.3) is 0 Å². The molecule has 0 radical (unpaired) electrons. The van der Waals surface area contributed by atoms with E-state index >= 15 is 0 Å². The summed E-state index contributed by atoms with van der Waals surface area (Å²) in [6.45, 7) is 3.33. The first-order valence-corrected chi connectivity index (χ1v) is 8.12. The van der Waals surface area contributed by atoms with Crippen molar-refractivity contribution in [2.24, 2.45) is 11.8 Å². The Hall–Kier alpha value is -0.0800. The van der Waals surface area contributed by atoms with Crippen molar-refractivity contribution >= 4 is 0 Å². The van der Waals surface area contributed by atoms with Gasteiger partial charge in [-0.05, 0) is 57.4 Å². The van der Waals surface area contributed by atoms with E-state index in [9.17, 15) is 0 Å². The number of hydrogen-bond acceptors (Lipinski definition) is 2. The lowest BCUT2D eigenvalue weighted by Gasteiger charge is -2.36. The molecule has 106 valence electrons. The van der Waals surface area contributed by atoms with Crippen molar-refractivity contribution in [3.63, 3.8) is 0 Å². The summed E-state index contributed by atoms with van der Waals surface area (Å²) in [4.78, 5) is 0. The fourth-order valence-electron chi connectivity index (χ4n) is 3.82. The van der Waals surface area contributed by atoms with Gasteiger partial charge in [-0.3, -0.25) is 0 Å². The van der Waals surface area contributed by atoms with Crippen molar-refractivity contribution in [2.45, 2.75) is 76.9 Å². The van der Waals surface area contributed by atoms with Crippen molar-refractivity contribution < 1.29 is 4.74 Å². The van der Waals surface area contributed by atoms with Crippen LogP contribution in [0, 0.1) is 11.8 Å². The maximum Gasteiger partial charge on any atom is 0.0590 e. The van der Waals surface area contributed by atoms with E-state index in [0.29, 0.717) is 12.1 Å². The van der Waals surface area contributed by atoms with Crippen LogP contribution in [0.3, 0.4) is 0 Å². The van der Waals surface area contributed by atoms with Crippen LogP contribution in [-0.2, 0) is 4.74 Å². The summed E-state index contributed by atoms with van der Waals surface area (Å²) in [5.74, 6) is 1.90. The van der Waals surface area contributed by atoms with Gasteiger partial charge in [0.05, 0.1) is 6.10 Å². The Morgan fingerprint density at radius 1 is 1.11 bits per heavy atom. The molecule has 2 atom stereocenters. The lowest BCUT2D eigenvalue weighted by Crippen LogP contribution is -2.39. The lowest BCUT2D eigenvalue weighted by molar-refractivity contribution is -0.000463. The topological polar surface area (TPSA) is 21.3 Å². The minimum atomic E-state index is 0.528. The third-order valence-corrected chi connectivity index (χ3v) is 5.20. The molecule has 2 fully saturated rings. The van der Waals surface area contributed by atoms with E-state index in [4.69, 9.17) is 4.74 Å². The van der Waals surface area contributed by atoms with Crippen LogP contribution in [0.1, 0.15) is 64.7 Å². The van der Waals surface area contributed by atoms with Crippen LogP contribution in [0.5, 0.6) is 0 Å². The number of hydrogen-bond donors (Lipinski definition) is 1. The van der Waals surface area contributed by atoms with Crippen LogP contribution >= 0.6 is 0 Å². The van der Waals surface area contributed by atoms with Gasteiger partial charge in [-0.1, -0.05) is 26.2 Å². The summed E-state index contributed by atoms with van der Waals surface area (Å²) in [7, 11) is 2.14. The van der Waals surface area contributed by atoms with Crippen molar-refractivity contribution in [3.05, 3.63) is 0 Å². The zero-order valence-electron chi connectivity index (χ0n) is 12.3. The molecule has 0 bridgehead atoms. The number of ether oxygens (including phenoxy) is 1. The average molecular weight is 253 g/mol. The fraction of sp³-hybridized carbons (Fsp3) is 1.00. The maximum atomic E-state index is 5.90. The summed E-state index contributed by atoms with van der Waals surface area (Å²) < 4.78 is 5.90. The highest BCUT2D eigenvalue weighted by Gasteiger charge is 2.28. The second kappa shape index (κ2) is 7.49. The number of rotatable bonds is 5. The third kappa shape index (κ3) is 3.96. The zero-order valence-corrected chi connectivity index (χ0v) is 12.3. The molecular formula is C16H31NO. The summed E-state index contributed by atoms with van der Waals surface area (Å²) in [5.41, 5.74) is 0. The molecule has 18 heavy (non-hydrogen) atoms. The predicted molar refractivity (Wildman–Crippen MR) is 76.8 cm³/mol.